The van der Waals surface area contributed by atoms with Crippen LogP contribution in [0.3, 0.4) is 0 Å². The summed E-state index contributed by atoms with van der Waals surface area (Å²) in [7, 11) is 1.99. The number of carbonyl (C=O) groups excluding carboxylic acids is 1. The first-order chi connectivity index (χ1) is 10.1. The Morgan fingerprint density at radius 1 is 1.24 bits per heavy atom. The summed E-state index contributed by atoms with van der Waals surface area (Å²) in [5, 5.41) is 16.4. The van der Waals surface area contributed by atoms with E-state index in [4.69, 9.17) is 0 Å². The van der Waals surface area contributed by atoms with Gasteiger partial charge in [-0.3, -0.25) is 0 Å². The van der Waals surface area contributed by atoms with Crippen LogP contribution in [0.2, 0.25) is 0 Å². The Labute approximate surface area is 124 Å². The van der Waals surface area contributed by atoms with Crippen LogP contribution >= 0.6 is 0 Å². The average molecular weight is 287 g/mol. The number of aryl methyl sites for hydroxylation is 1. The lowest BCUT2D eigenvalue weighted by Gasteiger charge is -2.26. The Morgan fingerprint density at radius 2 is 2.00 bits per heavy atom. The molecule has 0 atom stereocenters. The van der Waals surface area contributed by atoms with Gasteiger partial charge >= 0.3 is 6.03 Å². The molecular weight excluding hydrogens is 266 g/mol. The van der Waals surface area contributed by atoms with Gasteiger partial charge in [-0.15, -0.1) is 0 Å². The number of amides is 2. The molecule has 0 aliphatic heterocycles. The van der Waals surface area contributed by atoms with Gasteiger partial charge in [0.15, 0.2) is 0 Å². The lowest BCUT2D eigenvalue weighted by molar-refractivity contribution is 0.118. The third-order valence-electron chi connectivity index (χ3n) is 4.21. The molecule has 1 aromatic carbocycles. The lowest BCUT2D eigenvalue weighted by atomic mass is 9.93. The Balaban J connectivity index is 1.66. The number of aliphatic hydroxyl groups excluding tert-OH is 1. The van der Waals surface area contributed by atoms with E-state index in [9.17, 15) is 9.90 Å². The van der Waals surface area contributed by atoms with Gasteiger partial charge < -0.3 is 20.3 Å². The number of hydrogen-bond donors (Lipinski definition) is 3. The van der Waals surface area contributed by atoms with Gasteiger partial charge in [-0.1, -0.05) is 6.07 Å². The summed E-state index contributed by atoms with van der Waals surface area (Å²) in [5.74, 6) is 0. The van der Waals surface area contributed by atoms with Crippen LogP contribution in [-0.4, -0.2) is 27.9 Å². The second-order valence-corrected chi connectivity index (χ2v) is 5.77. The van der Waals surface area contributed by atoms with Crippen molar-refractivity contribution in [3.05, 3.63) is 30.5 Å². The van der Waals surface area contributed by atoms with E-state index >= 15 is 0 Å². The van der Waals surface area contributed by atoms with Gasteiger partial charge in [0.05, 0.1) is 11.8 Å². The third-order valence-corrected chi connectivity index (χ3v) is 4.21. The van der Waals surface area contributed by atoms with E-state index in [-0.39, 0.29) is 18.2 Å². The second-order valence-electron chi connectivity index (χ2n) is 5.77. The molecule has 2 amide bonds. The molecule has 5 nitrogen and oxygen atoms in total. The fourth-order valence-corrected chi connectivity index (χ4v) is 2.98. The molecule has 1 fully saturated rings. The third kappa shape index (κ3) is 3.03. The first kappa shape index (κ1) is 13.9. The van der Waals surface area contributed by atoms with Crippen molar-refractivity contribution in [3.8, 4) is 0 Å². The summed E-state index contributed by atoms with van der Waals surface area (Å²) in [4.78, 5) is 12.1. The van der Waals surface area contributed by atoms with Crippen molar-refractivity contribution in [2.75, 3.05) is 5.32 Å². The summed E-state index contributed by atoms with van der Waals surface area (Å²) in [6.45, 7) is 0. The van der Waals surface area contributed by atoms with Crippen molar-refractivity contribution in [1.82, 2.24) is 9.88 Å². The van der Waals surface area contributed by atoms with Crippen molar-refractivity contribution >= 4 is 22.6 Å². The van der Waals surface area contributed by atoms with Crippen LogP contribution in [0.25, 0.3) is 10.9 Å². The van der Waals surface area contributed by atoms with E-state index in [1.807, 2.05) is 42.1 Å². The fraction of sp³-hybridized carbons (Fsp3) is 0.438. The van der Waals surface area contributed by atoms with Crippen molar-refractivity contribution in [2.45, 2.75) is 37.8 Å². The van der Waals surface area contributed by atoms with E-state index < -0.39 is 0 Å². The molecule has 21 heavy (non-hydrogen) atoms. The topological polar surface area (TPSA) is 66.3 Å². The highest BCUT2D eigenvalue weighted by atomic mass is 16.3. The van der Waals surface area contributed by atoms with Crippen molar-refractivity contribution in [2.24, 2.45) is 7.05 Å². The number of nitrogens with one attached hydrogen (secondary N) is 2. The molecule has 1 aliphatic carbocycles. The molecule has 1 aromatic heterocycles. The fourth-order valence-electron chi connectivity index (χ4n) is 2.98. The van der Waals surface area contributed by atoms with Gasteiger partial charge in [0, 0.05) is 30.2 Å². The number of nitrogens with zero attached hydrogens (tertiary/aromatic N) is 1. The minimum atomic E-state index is -0.204. The maximum absolute atomic E-state index is 12.1. The number of hydrogen-bond acceptors (Lipinski definition) is 2. The van der Waals surface area contributed by atoms with Gasteiger partial charge in [-0.2, -0.15) is 0 Å². The molecule has 0 spiro atoms. The summed E-state index contributed by atoms with van der Waals surface area (Å²) >= 11 is 0. The molecule has 1 heterocycles. The van der Waals surface area contributed by atoms with Gasteiger partial charge in [0.1, 0.15) is 0 Å². The van der Waals surface area contributed by atoms with Crippen LogP contribution in [0.5, 0.6) is 0 Å². The van der Waals surface area contributed by atoms with E-state index in [0.717, 1.165) is 42.3 Å². The number of urea groups is 1. The van der Waals surface area contributed by atoms with Crippen LogP contribution < -0.4 is 10.6 Å². The van der Waals surface area contributed by atoms with Gasteiger partial charge in [-0.25, -0.2) is 4.79 Å². The normalized spacial score (nSPS) is 22.2. The minimum Gasteiger partial charge on any atom is -0.393 e. The summed E-state index contributed by atoms with van der Waals surface area (Å²) in [6, 6.07) is 7.86. The molecule has 0 unspecified atom stereocenters. The van der Waals surface area contributed by atoms with Gasteiger partial charge in [-0.05, 0) is 43.9 Å². The van der Waals surface area contributed by atoms with Crippen molar-refractivity contribution < 1.29 is 9.90 Å². The highest BCUT2D eigenvalue weighted by molar-refractivity contribution is 6.00. The molecule has 0 radical (unpaired) electrons. The Hall–Kier alpha value is -2.01. The molecule has 3 N–H and O–H groups in total. The van der Waals surface area contributed by atoms with Gasteiger partial charge in [0.2, 0.25) is 0 Å². The van der Waals surface area contributed by atoms with Crippen molar-refractivity contribution in [1.29, 1.82) is 0 Å². The first-order valence-electron chi connectivity index (χ1n) is 7.43. The number of benzene rings is 1. The predicted octanol–water partition coefficient (Wildman–Crippen LogP) is 2.60. The highest BCUT2D eigenvalue weighted by Gasteiger charge is 2.20. The zero-order valence-corrected chi connectivity index (χ0v) is 12.2. The smallest absolute Gasteiger partial charge is 0.319 e. The monoisotopic (exact) mass is 287 g/mol. The second kappa shape index (κ2) is 5.77. The maximum atomic E-state index is 12.1. The molecule has 1 saturated carbocycles. The van der Waals surface area contributed by atoms with E-state index in [2.05, 4.69) is 10.6 Å². The summed E-state index contributed by atoms with van der Waals surface area (Å²) in [5.41, 5.74) is 1.91. The van der Waals surface area contributed by atoms with Crippen molar-refractivity contribution in [3.63, 3.8) is 0 Å². The summed E-state index contributed by atoms with van der Waals surface area (Å²) in [6.07, 6.45) is 4.98. The number of aromatic nitrogens is 1. The molecular formula is C16H21N3O2. The molecule has 5 heteroatoms. The number of fused-ring (bicyclic) bond motifs is 1. The van der Waals surface area contributed by atoms with Crippen LogP contribution in [0, 0.1) is 0 Å². The Bertz CT molecular complexity index is 642. The van der Waals surface area contributed by atoms with E-state index in [0.29, 0.717) is 0 Å². The molecule has 112 valence electrons. The molecule has 1 aliphatic rings. The van der Waals surface area contributed by atoms with Crippen LogP contribution in [-0.2, 0) is 7.05 Å². The average Bonchev–Trinajstić information content (AvgIpc) is 2.84. The minimum absolute atomic E-state index is 0.156. The quantitative estimate of drug-likeness (QED) is 0.795. The predicted molar refractivity (Wildman–Crippen MR) is 83.3 cm³/mol. The Morgan fingerprint density at radius 3 is 2.76 bits per heavy atom. The molecule has 3 rings (SSSR count). The lowest BCUT2D eigenvalue weighted by Crippen LogP contribution is -2.40. The zero-order valence-electron chi connectivity index (χ0n) is 12.2. The van der Waals surface area contributed by atoms with Crippen LogP contribution in [0.15, 0.2) is 30.5 Å². The van der Waals surface area contributed by atoms with E-state index in [1.165, 1.54) is 0 Å². The molecule has 0 bridgehead atoms. The standard InChI is InChI=1S/C16H21N3O2/c1-19-10-9-13-14(3-2-4-15(13)19)18-16(21)17-11-5-7-12(20)8-6-11/h2-4,9-12,20H,5-8H2,1H3,(H2,17,18,21). The first-order valence-corrected chi connectivity index (χ1v) is 7.43. The molecule has 0 saturated heterocycles. The largest absolute Gasteiger partial charge is 0.393 e. The van der Waals surface area contributed by atoms with Gasteiger partial charge in [0.25, 0.3) is 0 Å². The highest BCUT2D eigenvalue weighted by Crippen LogP contribution is 2.24. The van der Waals surface area contributed by atoms with Crippen LogP contribution in [0.4, 0.5) is 10.5 Å². The number of aliphatic hydroxyl groups is 1. The number of carbonyl (C=O) groups is 1. The maximum Gasteiger partial charge on any atom is 0.319 e. The summed E-state index contributed by atoms with van der Waals surface area (Å²) < 4.78 is 2.03. The Kier molecular flexibility index (Phi) is 3.84. The molecule has 2 aromatic rings. The SMILES string of the molecule is Cn1ccc2c(NC(=O)NC3CCC(O)CC3)cccc21. The number of rotatable bonds is 2. The zero-order chi connectivity index (χ0) is 14.8. The van der Waals surface area contributed by atoms with Crippen LogP contribution in [0.1, 0.15) is 25.7 Å². The number of anilines is 1. The van der Waals surface area contributed by atoms with E-state index in [1.54, 1.807) is 0 Å².